The number of carbonyl (C=O) groups excluding carboxylic acids is 1. The van der Waals surface area contributed by atoms with Gasteiger partial charge in [0.15, 0.2) is 0 Å². The van der Waals surface area contributed by atoms with Gasteiger partial charge in [-0.25, -0.2) is 0 Å². The third kappa shape index (κ3) is 3.51. The number of fused-ring (bicyclic) bond motifs is 2. The third-order valence-corrected chi connectivity index (χ3v) is 7.64. The highest BCUT2D eigenvalue weighted by atomic mass is 35.5. The first-order chi connectivity index (χ1) is 14.8. The molecule has 0 fully saturated rings. The van der Waals surface area contributed by atoms with Crippen LogP contribution in [0.3, 0.4) is 0 Å². The quantitative estimate of drug-likeness (QED) is 0.584. The van der Waals surface area contributed by atoms with Crippen molar-refractivity contribution in [3.05, 3.63) is 70.8 Å². The molecule has 0 saturated heterocycles. The highest BCUT2D eigenvalue weighted by Crippen LogP contribution is 2.60. The number of nitrogens with one attached hydrogen (secondary N) is 1. The standard InChI is InChI=1S/C26H31ClN2O2/c1-18(28-24(30)19-10-12-20(27)13-11-19)14-17-25(2)26(15-5-6-16-26)21-8-7-9-22(31-4)23(21)29(25)3/h5,7-13,15,18H,6,14,16-17H2,1-4H3,(H,28,30)/t18?,25-,26?/m0/s1. The molecule has 0 radical (unpaired) electrons. The fourth-order valence-corrected chi connectivity index (χ4v) is 5.58. The maximum Gasteiger partial charge on any atom is 0.251 e. The minimum atomic E-state index is -0.101. The molecule has 4 rings (SSSR count). The first kappa shape index (κ1) is 21.8. The number of methoxy groups -OCH3 is 1. The predicted octanol–water partition coefficient (Wildman–Crippen LogP) is 5.74. The second-order valence-electron chi connectivity index (χ2n) is 9.02. The van der Waals surface area contributed by atoms with Crippen LogP contribution >= 0.6 is 11.6 Å². The lowest BCUT2D eigenvalue weighted by molar-refractivity contribution is 0.0935. The van der Waals surface area contributed by atoms with Crippen molar-refractivity contribution in [1.29, 1.82) is 0 Å². The van der Waals surface area contributed by atoms with Gasteiger partial charge in [0.05, 0.1) is 18.3 Å². The topological polar surface area (TPSA) is 41.6 Å². The summed E-state index contributed by atoms with van der Waals surface area (Å²) in [5.74, 6) is 0.863. The van der Waals surface area contributed by atoms with Gasteiger partial charge in [0, 0.05) is 29.1 Å². The zero-order valence-electron chi connectivity index (χ0n) is 18.7. The normalized spacial score (nSPS) is 25.0. The Kier molecular flexibility index (Phi) is 5.78. The number of likely N-dealkylation sites (N-methyl/N-ethyl adjacent to an activating group) is 1. The highest BCUT2D eigenvalue weighted by molar-refractivity contribution is 6.30. The van der Waals surface area contributed by atoms with Gasteiger partial charge in [0.1, 0.15) is 5.75 Å². The fourth-order valence-electron chi connectivity index (χ4n) is 5.45. The molecule has 5 heteroatoms. The monoisotopic (exact) mass is 438 g/mol. The van der Waals surface area contributed by atoms with E-state index in [0.717, 1.165) is 31.4 Å². The number of allylic oxidation sites excluding steroid dienone is 1. The van der Waals surface area contributed by atoms with Crippen molar-refractivity contribution in [2.75, 3.05) is 19.1 Å². The molecule has 1 aliphatic heterocycles. The second-order valence-corrected chi connectivity index (χ2v) is 9.46. The minimum absolute atomic E-state index is 0.0362. The molecule has 2 aliphatic rings. The molecule has 0 aromatic heterocycles. The fraction of sp³-hybridized carbons (Fsp3) is 0.423. The number of anilines is 1. The number of nitrogens with zero attached hydrogens (tertiary/aromatic N) is 1. The molecular formula is C26H31ClN2O2. The summed E-state index contributed by atoms with van der Waals surface area (Å²) in [5, 5.41) is 3.78. The molecule has 2 aromatic rings. The van der Waals surface area contributed by atoms with Crippen LogP contribution in [0.25, 0.3) is 0 Å². The molecule has 0 bridgehead atoms. The maximum atomic E-state index is 12.6. The van der Waals surface area contributed by atoms with E-state index in [1.54, 1.807) is 31.4 Å². The van der Waals surface area contributed by atoms with Crippen molar-refractivity contribution in [3.63, 3.8) is 0 Å². The molecule has 164 valence electrons. The van der Waals surface area contributed by atoms with Crippen LogP contribution in [0.2, 0.25) is 5.02 Å². The van der Waals surface area contributed by atoms with Crippen LogP contribution in [0.4, 0.5) is 5.69 Å². The molecule has 1 N–H and O–H groups in total. The molecule has 1 amide bonds. The number of hydrogen-bond acceptors (Lipinski definition) is 3. The number of para-hydroxylation sites is 1. The largest absolute Gasteiger partial charge is 0.495 e. The van der Waals surface area contributed by atoms with Crippen molar-refractivity contribution in [3.8, 4) is 5.75 Å². The molecule has 1 heterocycles. The van der Waals surface area contributed by atoms with Crippen molar-refractivity contribution >= 4 is 23.2 Å². The van der Waals surface area contributed by atoms with Crippen LogP contribution in [-0.4, -0.2) is 31.6 Å². The third-order valence-electron chi connectivity index (χ3n) is 7.39. The average molecular weight is 439 g/mol. The Morgan fingerprint density at radius 3 is 2.65 bits per heavy atom. The summed E-state index contributed by atoms with van der Waals surface area (Å²) in [6.45, 7) is 4.44. The zero-order chi connectivity index (χ0) is 22.2. The number of rotatable bonds is 6. The van der Waals surface area contributed by atoms with E-state index < -0.39 is 0 Å². The summed E-state index contributed by atoms with van der Waals surface area (Å²) in [4.78, 5) is 15.0. The highest BCUT2D eigenvalue weighted by Gasteiger charge is 2.57. The summed E-state index contributed by atoms with van der Waals surface area (Å²) >= 11 is 5.94. The van der Waals surface area contributed by atoms with Crippen molar-refractivity contribution in [1.82, 2.24) is 5.32 Å². The molecule has 1 aliphatic carbocycles. The smallest absolute Gasteiger partial charge is 0.251 e. The molecule has 31 heavy (non-hydrogen) atoms. The number of ether oxygens (including phenoxy) is 1. The minimum Gasteiger partial charge on any atom is -0.495 e. The molecular weight excluding hydrogens is 408 g/mol. The van der Waals surface area contributed by atoms with Gasteiger partial charge in [-0.15, -0.1) is 0 Å². The van der Waals surface area contributed by atoms with Gasteiger partial charge in [-0.3, -0.25) is 4.79 Å². The van der Waals surface area contributed by atoms with E-state index >= 15 is 0 Å². The summed E-state index contributed by atoms with van der Waals surface area (Å²) in [6, 6.07) is 13.5. The summed E-state index contributed by atoms with van der Waals surface area (Å²) in [6.07, 6.45) is 8.74. The SMILES string of the molecule is COc1cccc2c1N(C)[C@@](C)(CCC(C)NC(=O)c1ccc(Cl)cc1)C21C=CCC1. The molecule has 4 nitrogen and oxygen atoms in total. The molecule has 3 atom stereocenters. The van der Waals surface area contributed by atoms with Gasteiger partial charge in [0.2, 0.25) is 0 Å². The van der Waals surface area contributed by atoms with Gasteiger partial charge in [-0.2, -0.15) is 0 Å². The van der Waals surface area contributed by atoms with Gasteiger partial charge in [0.25, 0.3) is 5.91 Å². The summed E-state index contributed by atoms with van der Waals surface area (Å²) in [5.41, 5.74) is 3.04. The first-order valence-electron chi connectivity index (χ1n) is 11.0. The van der Waals surface area contributed by atoms with Crippen molar-refractivity contribution in [2.45, 2.75) is 56.5 Å². The molecule has 2 aromatic carbocycles. The van der Waals surface area contributed by atoms with Crippen LogP contribution in [0, 0.1) is 0 Å². The summed E-state index contributed by atoms with van der Waals surface area (Å²) in [7, 11) is 3.92. The van der Waals surface area contributed by atoms with Gasteiger partial charge >= 0.3 is 0 Å². The van der Waals surface area contributed by atoms with Crippen molar-refractivity contribution < 1.29 is 9.53 Å². The Hall–Kier alpha value is -2.46. The van der Waals surface area contributed by atoms with Crippen LogP contribution < -0.4 is 15.0 Å². The lowest BCUT2D eigenvalue weighted by Crippen LogP contribution is -2.53. The number of halogens is 1. The maximum absolute atomic E-state index is 12.6. The molecule has 1 spiro atoms. The van der Waals surface area contributed by atoms with E-state index in [0.29, 0.717) is 10.6 Å². The van der Waals surface area contributed by atoms with Crippen LogP contribution in [0.1, 0.15) is 55.5 Å². The first-order valence-corrected chi connectivity index (χ1v) is 11.4. The van der Waals surface area contributed by atoms with E-state index in [9.17, 15) is 4.79 Å². The number of hydrogen-bond donors (Lipinski definition) is 1. The molecule has 2 unspecified atom stereocenters. The van der Waals surface area contributed by atoms with Crippen LogP contribution in [0.15, 0.2) is 54.6 Å². The van der Waals surface area contributed by atoms with E-state index in [2.05, 4.69) is 55.4 Å². The second kappa shape index (κ2) is 8.23. The lowest BCUT2D eigenvalue weighted by atomic mass is 9.66. The van der Waals surface area contributed by atoms with E-state index in [1.165, 1.54) is 11.3 Å². The average Bonchev–Trinajstić information content (AvgIpc) is 3.33. The number of amides is 1. The summed E-state index contributed by atoms with van der Waals surface area (Å²) < 4.78 is 5.73. The van der Waals surface area contributed by atoms with E-state index in [-0.39, 0.29) is 22.9 Å². The van der Waals surface area contributed by atoms with Gasteiger partial charge in [-0.05, 0) is 75.4 Å². The number of carbonyl (C=O) groups is 1. The van der Waals surface area contributed by atoms with Gasteiger partial charge < -0.3 is 15.0 Å². The molecule has 0 saturated carbocycles. The zero-order valence-corrected chi connectivity index (χ0v) is 19.5. The van der Waals surface area contributed by atoms with Gasteiger partial charge in [-0.1, -0.05) is 35.9 Å². The lowest BCUT2D eigenvalue weighted by Gasteiger charge is -2.45. The number of benzene rings is 2. The Bertz CT molecular complexity index is 1000. The Balaban J connectivity index is 1.54. The van der Waals surface area contributed by atoms with Crippen LogP contribution in [-0.2, 0) is 5.41 Å². The van der Waals surface area contributed by atoms with E-state index in [1.807, 2.05) is 6.07 Å². The van der Waals surface area contributed by atoms with Crippen molar-refractivity contribution in [2.24, 2.45) is 0 Å². The predicted molar refractivity (Wildman–Crippen MR) is 127 cm³/mol. The van der Waals surface area contributed by atoms with E-state index in [4.69, 9.17) is 16.3 Å². The Morgan fingerprint density at radius 1 is 1.26 bits per heavy atom. The Morgan fingerprint density at radius 2 is 2.00 bits per heavy atom. The van der Waals surface area contributed by atoms with Crippen LogP contribution in [0.5, 0.6) is 5.75 Å². The Labute approximate surface area is 190 Å².